The van der Waals surface area contributed by atoms with Gasteiger partial charge in [-0.15, -0.1) is 11.3 Å². The van der Waals surface area contributed by atoms with E-state index in [0.717, 1.165) is 39.7 Å². The lowest BCUT2D eigenvalue weighted by Gasteiger charge is -2.20. The third kappa shape index (κ3) is 5.02. The van der Waals surface area contributed by atoms with Gasteiger partial charge in [-0.2, -0.15) is 0 Å². The van der Waals surface area contributed by atoms with Crippen molar-refractivity contribution in [3.63, 3.8) is 0 Å². The Labute approximate surface area is 202 Å². The molecule has 0 bridgehead atoms. The number of imidazole rings is 1. The minimum Gasteiger partial charge on any atom is -0.467 e. The van der Waals surface area contributed by atoms with E-state index in [0.29, 0.717) is 13.1 Å². The number of hydrogen-bond acceptors (Lipinski definition) is 4. The number of furan rings is 1. The van der Waals surface area contributed by atoms with Gasteiger partial charge >= 0.3 is 0 Å². The molecule has 3 aromatic heterocycles. The number of hydrogen-bond donors (Lipinski definition) is 0. The Morgan fingerprint density at radius 2 is 1.91 bits per heavy atom. The quantitative estimate of drug-likeness (QED) is 0.254. The molecule has 34 heavy (non-hydrogen) atoms. The number of thiazole rings is 1. The summed E-state index contributed by atoms with van der Waals surface area (Å²) in [5.74, 6) is 0.721. The highest BCUT2D eigenvalue weighted by molar-refractivity contribution is 7.15. The van der Waals surface area contributed by atoms with Crippen molar-refractivity contribution in [2.75, 3.05) is 6.54 Å². The average Bonchev–Trinajstić information content (AvgIpc) is 3.60. The van der Waals surface area contributed by atoms with Gasteiger partial charge in [0.15, 0.2) is 4.96 Å². The molecule has 0 fully saturated rings. The fraction of sp³-hybridized carbons (Fsp3) is 0.143. The van der Waals surface area contributed by atoms with Crippen LogP contribution in [0, 0.1) is 6.92 Å². The predicted molar refractivity (Wildman–Crippen MR) is 137 cm³/mol. The van der Waals surface area contributed by atoms with Crippen molar-refractivity contribution in [3.05, 3.63) is 113 Å². The van der Waals surface area contributed by atoms with E-state index in [9.17, 15) is 4.79 Å². The number of aryl methyl sites for hydroxylation is 1. The second-order valence-electron chi connectivity index (χ2n) is 8.20. The minimum absolute atomic E-state index is 0.0438. The van der Waals surface area contributed by atoms with Crippen molar-refractivity contribution in [2.24, 2.45) is 0 Å². The van der Waals surface area contributed by atoms with E-state index in [4.69, 9.17) is 9.40 Å². The first-order chi connectivity index (χ1) is 16.7. The van der Waals surface area contributed by atoms with Crippen molar-refractivity contribution in [1.82, 2.24) is 14.3 Å². The number of rotatable bonds is 8. The largest absolute Gasteiger partial charge is 0.467 e. The fourth-order valence-corrected chi connectivity index (χ4v) is 4.72. The number of carbonyl (C=O) groups is 1. The molecule has 0 N–H and O–H groups in total. The van der Waals surface area contributed by atoms with Gasteiger partial charge < -0.3 is 9.32 Å². The molecule has 2 aromatic carbocycles. The van der Waals surface area contributed by atoms with E-state index in [2.05, 4.69) is 47.2 Å². The highest BCUT2D eigenvalue weighted by Crippen LogP contribution is 2.24. The van der Waals surface area contributed by atoms with Crippen molar-refractivity contribution in [1.29, 1.82) is 0 Å². The van der Waals surface area contributed by atoms with E-state index in [1.54, 1.807) is 23.7 Å². The van der Waals surface area contributed by atoms with Gasteiger partial charge in [0.2, 0.25) is 5.91 Å². The first-order valence-electron chi connectivity index (χ1n) is 11.2. The van der Waals surface area contributed by atoms with E-state index in [1.165, 1.54) is 5.56 Å². The highest BCUT2D eigenvalue weighted by Gasteiger charge is 2.16. The number of benzene rings is 2. The van der Waals surface area contributed by atoms with Crippen LogP contribution < -0.4 is 0 Å². The molecule has 1 amide bonds. The third-order valence-electron chi connectivity index (χ3n) is 5.72. The molecular weight excluding hydrogens is 442 g/mol. The van der Waals surface area contributed by atoms with Crippen LogP contribution in [-0.4, -0.2) is 26.7 Å². The molecular formula is C28H25N3O2S. The minimum atomic E-state index is -0.0438. The normalized spacial score (nSPS) is 11.4. The standard InChI is InChI=1S/C28H25N3O2S/c1-21-9-12-23(13-10-21)26-19-31-24(20-34-28(31)29-26)15-16-30(18-25-8-5-17-33-25)27(32)14-11-22-6-3-2-4-7-22/h2-14,17,19-20H,15-16,18H2,1H3/b14-11+. The van der Waals surface area contributed by atoms with Crippen LogP contribution in [0.2, 0.25) is 0 Å². The van der Waals surface area contributed by atoms with Crippen LogP contribution in [0.25, 0.3) is 22.3 Å². The molecule has 5 nitrogen and oxygen atoms in total. The van der Waals surface area contributed by atoms with E-state index >= 15 is 0 Å². The zero-order chi connectivity index (χ0) is 23.3. The van der Waals surface area contributed by atoms with Gasteiger partial charge in [0.25, 0.3) is 0 Å². The summed E-state index contributed by atoms with van der Waals surface area (Å²) in [5.41, 5.74) is 5.43. The van der Waals surface area contributed by atoms with Crippen LogP contribution in [0.15, 0.2) is 95.1 Å². The van der Waals surface area contributed by atoms with E-state index < -0.39 is 0 Å². The Kier molecular flexibility index (Phi) is 6.40. The zero-order valence-electron chi connectivity index (χ0n) is 18.9. The number of nitrogens with zero attached hydrogens (tertiary/aromatic N) is 3. The zero-order valence-corrected chi connectivity index (χ0v) is 19.7. The molecule has 0 atom stereocenters. The lowest BCUT2D eigenvalue weighted by atomic mass is 10.1. The summed E-state index contributed by atoms with van der Waals surface area (Å²) in [6.07, 6.45) is 7.92. The van der Waals surface area contributed by atoms with Crippen molar-refractivity contribution in [2.45, 2.75) is 19.9 Å². The topological polar surface area (TPSA) is 50.8 Å². The molecule has 0 aliphatic rings. The molecule has 0 spiro atoms. The lowest BCUT2D eigenvalue weighted by molar-refractivity contribution is -0.126. The summed E-state index contributed by atoms with van der Waals surface area (Å²) in [6.45, 7) is 3.08. The summed E-state index contributed by atoms with van der Waals surface area (Å²) in [6, 6.07) is 22.0. The van der Waals surface area contributed by atoms with Crippen LogP contribution in [0.3, 0.4) is 0 Å². The maximum Gasteiger partial charge on any atom is 0.246 e. The Hall–Kier alpha value is -3.90. The number of carbonyl (C=O) groups excluding carboxylic acids is 1. The summed E-state index contributed by atoms with van der Waals surface area (Å²) < 4.78 is 7.65. The van der Waals surface area contributed by atoms with E-state index in [-0.39, 0.29) is 5.91 Å². The second-order valence-corrected chi connectivity index (χ2v) is 9.04. The molecule has 3 heterocycles. The van der Waals surface area contributed by atoms with Gasteiger partial charge in [-0.05, 0) is 30.7 Å². The van der Waals surface area contributed by atoms with Crippen LogP contribution >= 0.6 is 11.3 Å². The molecule has 0 radical (unpaired) electrons. The van der Waals surface area contributed by atoms with E-state index in [1.807, 2.05) is 53.4 Å². The van der Waals surface area contributed by atoms with Gasteiger partial charge in [0.1, 0.15) is 5.76 Å². The molecule has 170 valence electrons. The first kappa shape index (κ1) is 21.9. The summed E-state index contributed by atoms with van der Waals surface area (Å²) in [4.78, 5) is 20.6. The second kappa shape index (κ2) is 9.93. The SMILES string of the molecule is Cc1ccc(-c2cn3c(CCN(Cc4ccco4)C(=O)/C=C/c4ccccc4)csc3n2)cc1. The van der Waals surface area contributed by atoms with Crippen LogP contribution in [-0.2, 0) is 17.8 Å². The van der Waals surface area contributed by atoms with Gasteiger partial charge in [-0.1, -0.05) is 60.2 Å². The molecule has 6 heteroatoms. The van der Waals surface area contributed by atoms with Crippen LogP contribution in [0.4, 0.5) is 0 Å². The maximum absolute atomic E-state index is 13.1. The lowest BCUT2D eigenvalue weighted by Crippen LogP contribution is -2.31. The van der Waals surface area contributed by atoms with Crippen molar-refractivity contribution < 1.29 is 9.21 Å². The smallest absolute Gasteiger partial charge is 0.246 e. The number of fused-ring (bicyclic) bond motifs is 1. The highest BCUT2D eigenvalue weighted by atomic mass is 32.1. The molecule has 0 aliphatic carbocycles. The van der Waals surface area contributed by atoms with Gasteiger partial charge in [0.05, 0.1) is 18.5 Å². The molecule has 0 unspecified atom stereocenters. The molecule has 0 saturated heterocycles. The molecule has 5 rings (SSSR count). The summed E-state index contributed by atoms with van der Waals surface area (Å²) >= 11 is 1.62. The average molecular weight is 468 g/mol. The number of amides is 1. The Morgan fingerprint density at radius 1 is 1.09 bits per heavy atom. The predicted octanol–water partition coefficient (Wildman–Crippen LogP) is 6.25. The fourth-order valence-electron chi connectivity index (χ4n) is 3.82. The molecule has 0 aliphatic heterocycles. The molecule has 0 saturated carbocycles. The first-order valence-corrected chi connectivity index (χ1v) is 12.1. The maximum atomic E-state index is 13.1. The summed E-state index contributed by atoms with van der Waals surface area (Å²) in [7, 11) is 0. The van der Waals surface area contributed by atoms with Crippen LogP contribution in [0.5, 0.6) is 0 Å². The Balaban J connectivity index is 1.33. The third-order valence-corrected chi connectivity index (χ3v) is 6.61. The Bertz CT molecular complexity index is 1400. The van der Waals surface area contributed by atoms with Gasteiger partial charge in [-0.3, -0.25) is 9.20 Å². The summed E-state index contributed by atoms with van der Waals surface area (Å²) in [5, 5.41) is 2.12. The Morgan fingerprint density at radius 3 is 2.68 bits per heavy atom. The van der Waals surface area contributed by atoms with Gasteiger partial charge in [-0.25, -0.2) is 4.98 Å². The number of aromatic nitrogens is 2. The van der Waals surface area contributed by atoms with Crippen molar-refractivity contribution >= 4 is 28.3 Å². The van der Waals surface area contributed by atoms with Crippen molar-refractivity contribution in [3.8, 4) is 11.3 Å². The van der Waals surface area contributed by atoms with Crippen LogP contribution in [0.1, 0.15) is 22.6 Å². The molecule has 5 aromatic rings. The monoisotopic (exact) mass is 467 g/mol. The van der Waals surface area contributed by atoms with Gasteiger partial charge in [0, 0.05) is 41.9 Å².